The van der Waals surface area contributed by atoms with Crippen molar-refractivity contribution in [1.82, 2.24) is 10.6 Å². The molecule has 0 heterocycles. The van der Waals surface area contributed by atoms with Crippen molar-refractivity contribution in [2.24, 2.45) is 11.8 Å². The largest absolute Gasteiger partial charge is 0.467 e. The van der Waals surface area contributed by atoms with Gasteiger partial charge in [0.25, 0.3) is 0 Å². The van der Waals surface area contributed by atoms with E-state index in [0.717, 1.165) is 5.56 Å². The third-order valence-electron chi connectivity index (χ3n) is 4.40. The van der Waals surface area contributed by atoms with Gasteiger partial charge in [-0.05, 0) is 17.4 Å². The van der Waals surface area contributed by atoms with E-state index < -0.39 is 30.1 Å². The summed E-state index contributed by atoms with van der Waals surface area (Å²) in [6, 6.07) is 7.67. The van der Waals surface area contributed by atoms with Crippen LogP contribution in [0.4, 0.5) is 4.79 Å². The molecule has 150 valence electrons. The Hall–Kier alpha value is -2.57. The van der Waals surface area contributed by atoms with Crippen LogP contribution in [-0.4, -0.2) is 37.2 Å². The molecule has 1 aromatic rings. The van der Waals surface area contributed by atoms with Gasteiger partial charge in [0.15, 0.2) is 0 Å². The maximum absolute atomic E-state index is 12.7. The lowest BCUT2D eigenvalue weighted by atomic mass is 9.97. The van der Waals surface area contributed by atoms with Crippen LogP contribution in [-0.2, 0) is 25.7 Å². The van der Waals surface area contributed by atoms with Crippen molar-refractivity contribution in [3.05, 3.63) is 35.9 Å². The molecule has 0 spiro atoms. The molecule has 3 atom stereocenters. The summed E-state index contributed by atoms with van der Waals surface area (Å²) in [7, 11) is 1.27. The fraction of sp³-hybridized carbons (Fsp3) is 0.550. The van der Waals surface area contributed by atoms with Gasteiger partial charge < -0.3 is 20.1 Å². The number of hydrogen-bond donors (Lipinski definition) is 2. The monoisotopic (exact) mass is 378 g/mol. The smallest absolute Gasteiger partial charge is 0.408 e. The minimum Gasteiger partial charge on any atom is -0.467 e. The standard InChI is InChI=1S/C20H30N2O5/c1-6-14(4)17(18(23)21-16(13(2)3)19(24)26-5)22-20(25)27-12-15-10-8-7-9-11-15/h7-11,13-14,16-17H,6,12H2,1-5H3,(H,21,23)(H,22,25)/t14-,16-,17-/m0/s1. The lowest BCUT2D eigenvalue weighted by molar-refractivity contribution is -0.146. The van der Waals surface area contributed by atoms with Crippen LogP contribution in [0.25, 0.3) is 0 Å². The Morgan fingerprint density at radius 3 is 2.15 bits per heavy atom. The van der Waals surface area contributed by atoms with Gasteiger partial charge in [-0.2, -0.15) is 0 Å². The number of carbonyl (C=O) groups excluding carboxylic acids is 3. The van der Waals surface area contributed by atoms with Gasteiger partial charge in [-0.1, -0.05) is 64.4 Å². The zero-order valence-corrected chi connectivity index (χ0v) is 16.7. The number of benzene rings is 1. The van der Waals surface area contributed by atoms with Crippen LogP contribution in [0.3, 0.4) is 0 Å². The Labute approximate surface area is 160 Å². The number of ether oxygens (including phenoxy) is 2. The molecule has 27 heavy (non-hydrogen) atoms. The first-order valence-corrected chi connectivity index (χ1v) is 9.15. The zero-order valence-electron chi connectivity index (χ0n) is 16.7. The van der Waals surface area contributed by atoms with Crippen molar-refractivity contribution in [1.29, 1.82) is 0 Å². The van der Waals surface area contributed by atoms with Crippen molar-refractivity contribution in [2.45, 2.75) is 52.8 Å². The molecule has 0 fully saturated rings. The minimum absolute atomic E-state index is 0.109. The van der Waals surface area contributed by atoms with Crippen molar-refractivity contribution in [3.8, 4) is 0 Å². The van der Waals surface area contributed by atoms with Crippen molar-refractivity contribution >= 4 is 18.0 Å². The molecule has 0 bridgehead atoms. The number of rotatable bonds is 9. The normalized spacial score (nSPS) is 14.0. The second-order valence-electron chi connectivity index (χ2n) is 6.82. The summed E-state index contributed by atoms with van der Waals surface area (Å²) >= 11 is 0. The van der Waals surface area contributed by atoms with Crippen LogP contribution < -0.4 is 10.6 Å². The second kappa shape index (κ2) is 11.2. The summed E-state index contributed by atoms with van der Waals surface area (Å²) in [5.41, 5.74) is 0.850. The number of carbonyl (C=O) groups is 3. The predicted octanol–water partition coefficient (Wildman–Crippen LogP) is 2.64. The number of nitrogens with one attached hydrogen (secondary N) is 2. The molecule has 1 rings (SSSR count). The average molecular weight is 378 g/mol. The van der Waals surface area contributed by atoms with E-state index in [2.05, 4.69) is 10.6 Å². The fourth-order valence-electron chi connectivity index (χ4n) is 2.46. The van der Waals surface area contributed by atoms with Crippen molar-refractivity contribution in [2.75, 3.05) is 7.11 Å². The van der Waals surface area contributed by atoms with Gasteiger partial charge in [0, 0.05) is 0 Å². The summed E-state index contributed by atoms with van der Waals surface area (Å²) in [6.45, 7) is 7.49. The van der Waals surface area contributed by atoms with E-state index in [4.69, 9.17) is 9.47 Å². The van der Waals surface area contributed by atoms with Gasteiger partial charge >= 0.3 is 12.1 Å². The van der Waals surface area contributed by atoms with Crippen LogP contribution in [0, 0.1) is 11.8 Å². The van der Waals surface area contributed by atoms with Crippen LogP contribution in [0.5, 0.6) is 0 Å². The van der Waals surface area contributed by atoms with Crippen molar-refractivity contribution < 1.29 is 23.9 Å². The maximum atomic E-state index is 12.7. The highest BCUT2D eigenvalue weighted by Gasteiger charge is 2.32. The first-order chi connectivity index (χ1) is 12.8. The molecule has 0 unspecified atom stereocenters. The molecular formula is C20H30N2O5. The highest BCUT2D eigenvalue weighted by molar-refractivity contribution is 5.90. The van der Waals surface area contributed by atoms with E-state index in [9.17, 15) is 14.4 Å². The van der Waals surface area contributed by atoms with Crippen molar-refractivity contribution in [3.63, 3.8) is 0 Å². The summed E-state index contributed by atoms with van der Waals surface area (Å²) in [6.07, 6.45) is -0.0137. The summed E-state index contributed by atoms with van der Waals surface area (Å²) in [5.74, 6) is -1.25. The summed E-state index contributed by atoms with van der Waals surface area (Å²) in [5, 5.41) is 5.29. The van der Waals surface area contributed by atoms with Gasteiger partial charge in [0.2, 0.25) is 5.91 Å². The molecule has 2 N–H and O–H groups in total. The SMILES string of the molecule is CC[C@H](C)[C@H](NC(=O)OCc1ccccc1)C(=O)N[C@H](C(=O)OC)C(C)C. The average Bonchev–Trinajstić information content (AvgIpc) is 2.67. The van der Waals surface area contributed by atoms with E-state index in [0.29, 0.717) is 6.42 Å². The van der Waals surface area contributed by atoms with Crippen LogP contribution >= 0.6 is 0 Å². The molecule has 1 aromatic carbocycles. The number of esters is 1. The molecule has 0 saturated heterocycles. The van der Waals surface area contributed by atoms with Crippen LogP contribution in [0.15, 0.2) is 30.3 Å². The van der Waals surface area contributed by atoms with E-state index in [1.54, 1.807) is 0 Å². The van der Waals surface area contributed by atoms with E-state index in [1.165, 1.54) is 7.11 Å². The first kappa shape index (κ1) is 22.5. The fourth-order valence-corrected chi connectivity index (χ4v) is 2.46. The summed E-state index contributed by atoms with van der Waals surface area (Å²) in [4.78, 5) is 36.7. The molecule has 7 nitrogen and oxygen atoms in total. The molecule has 0 aromatic heterocycles. The van der Waals surface area contributed by atoms with E-state index in [1.807, 2.05) is 58.0 Å². The summed E-state index contributed by atoms with van der Waals surface area (Å²) < 4.78 is 9.95. The molecular weight excluding hydrogens is 348 g/mol. The maximum Gasteiger partial charge on any atom is 0.408 e. The molecule has 0 aliphatic rings. The molecule has 0 radical (unpaired) electrons. The quantitative estimate of drug-likeness (QED) is 0.644. The van der Waals surface area contributed by atoms with Crippen LogP contribution in [0.1, 0.15) is 39.7 Å². The third kappa shape index (κ3) is 7.29. The topological polar surface area (TPSA) is 93.7 Å². The Kier molecular flexibility index (Phi) is 9.33. The number of amides is 2. The molecule has 7 heteroatoms. The first-order valence-electron chi connectivity index (χ1n) is 9.15. The van der Waals surface area contributed by atoms with Gasteiger partial charge in [0.1, 0.15) is 18.7 Å². The predicted molar refractivity (Wildman–Crippen MR) is 102 cm³/mol. The van der Waals surface area contributed by atoms with E-state index >= 15 is 0 Å². The van der Waals surface area contributed by atoms with Gasteiger partial charge in [-0.25, -0.2) is 9.59 Å². The zero-order chi connectivity index (χ0) is 20.4. The van der Waals surface area contributed by atoms with Gasteiger partial charge in [-0.15, -0.1) is 0 Å². The molecule has 2 amide bonds. The molecule has 0 aliphatic heterocycles. The number of methoxy groups -OCH3 is 1. The lowest BCUT2D eigenvalue weighted by Gasteiger charge is -2.27. The number of hydrogen-bond acceptors (Lipinski definition) is 5. The Morgan fingerprint density at radius 2 is 1.63 bits per heavy atom. The highest BCUT2D eigenvalue weighted by atomic mass is 16.5. The van der Waals surface area contributed by atoms with Gasteiger partial charge in [0.05, 0.1) is 7.11 Å². The van der Waals surface area contributed by atoms with Crippen LogP contribution in [0.2, 0.25) is 0 Å². The number of alkyl carbamates (subject to hydrolysis) is 1. The third-order valence-corrected chi connectivity index (χ3v) is 4.40. The van der Waals surface area contributed by atoms with E-state index in [-0.39, 0.29) is 18.4 Å². The highest BCUT2D eigenvalue weighted by Crippen LogP contribution is 2.11. The lowest BCUT2D eigenvalue weighted by Crippen LogP contribution is -2.55. The Morgan fingerprint density at radius 1 is 1.00 bits per heavy atom. The molecule has 0 saturated carbocycles. The Bertz CT molecular complexity index is 618. The second-order valence-corrected chi connectivity index (χ2v) is 6.82. The Balaban J connectivity index is 2.74. The minimum atomic E-state index is -0.816. The molecule has 0 aliphatic carbocycles. The van der Waals surface area contributed by atoms with Gasteiger partial charge in [-0.3, -0.25) is 4.79 Å².